The van der Waals surface area contributed by atoms with Gasteiger partial charge in [-0.15, -0.1) is 0 Å². The molecule has 0 spiro atoms. The predicted octanol–water partition coefficient (Wildman–Crippen LogP) is -0.0128. The second kappa shape index (κ2) is 4.95. The number of aliphatic hydroxyl groups is 3. The fraction of sp³-hybridized carbons (Fsp3) is 0.538. The molecule has 0 aromatic heterocycles. The van der Waals surface area contributed by atoms with Crippen LogP contribution in [-0.4, -0.2) is 46.8 Å². The van der Waals surface area contributed by atoms with Gasteiger partial charge in [0.25, 0.3) is 0 Å². The Hall–Kier alpha value is -0.980. The highest BCUT2D eigenvalue weighted by molar-refractivity contribution is 5.23. The topological polar surface area (TPSA) is 79.2 Å². The van der Waals surface area contributed by atoms with Crippen molar-refractivity contribution in [3.05, 3.63) is 35.9 Å². The van der Waals surface area contributed by atoms with Gasteiger partial charge in [-0.3, -0.25) is 0 Å². The van der Waals surface area contributed by atoms with Gasteiger partial charge in [0.05, 0.1) is 6.10 Å². The van der Waals surface area contributed by atoms with Crippen LogP contribution in [0.5, 0.6) is 0 Å². The molecule has 1 aliphatic rings. The summed E-state index contributed by atoms with van der Waals surface area (Å²) in [6.45, 7) is 1.62. The normalized spacial score (nSPS) is 40.7. The largest absolute Gasteiger partial charge is 0.388 e. The maximum Gasteiger partial charge on any atom is 0.224 e. The third-order valence-corrected chi connectivity index (χ3v) is 3.38. The van der Waals surface area contributed by atoms with E-state index in [1.807, 2.05) is 6.07 Å². The molecule has 2 rings (SSSR count). The van der Waals surface area contributed by atoms with Crippen LogP contribution in [0.3, 0.4) is 0 Å². The van der Waals surface area contributed by atoms with Gasteiger partial charge in [-0.25, -0.2) is 0 Å². The van der Waals surface area contributed by atoms with Crippen LogP contribution in [0.1, 0.15) is 12.5 Å². The summed E-state index contributed by atoms with van der Waals surface area (Å²) in [4.78, 5) is 0. The van der Waals surface area contributed by atoms with Crippen LogP contribution in [0.15, 0.2) is 30.3 Å². The zero-order valence-electron chi connectivity index (χ0n) is 10.4. The van der Waals surface area contributed by atoms with Crippen molar-refractivity contribution in [1.82, 2.24) is 0 Å². The Morgan fingerprint density at radius 3 is 2.28 bits per heavy atom. The van der Waals surface area contributed by atoms with E-state index >= 15 is 0 Å². The lowest BCUT2D eigenvalue weighted by Crippen LogP contribution is -2.62. The van der Waals surface area contributed by atoms with Gasteiger partial charge in [0, 0.05) is 12.7 Å². The minimum absolute atomic E-state index is 0.595. The smallest absolute Gasteiger partial charge is 0.224 e. The molecule has 18 heavy (non-hydrogen) atoms. The molecule has 100 valence electrons. The summed E-state index contributed by atoms with van der Waals surface area (Å²) in [5, 5.41) is 29.8. The zero-order chi connectivity index (χ0) is 13.3. The standard InChI is InChI=1S/C13H18O5/c1-8-10(14)11(15)12(16)13(17-2,18-8)9-6-4-3-5-7-9/h3-8,10-12,14-16H,1-2H3/t8-,10-,11+,12+,13?/m1/s1. The van der Waals surface area contributed by atoms with E-state index in [0.29, 0.717) is 5.56 Å². The first-order chi connectivity index (χ1) is 8.53. The third kappa shape index (κ3) is 1.94. The van der Waals surface area contributed by atoms with E-state index in [1.165, 1.54) is 7.11 Å². The molecule has 0 aliphatic carbocycles. The summed E-state index contributed by atoms with van der Waals surface area (Å²) in [6.07, 6.45) is -4.49. The van der Waals surface area contributed by atoms with Crippen molar-refractivity contribution >= 4 is 0 Å². The molecule has 0 radical (unpaired) electrons. The van der Waals surface area contributed by atoms with Gasteiger partial charge < -0.3 is 24.8 Å². The maximum absolute atomic E-state index is 10.2. The molecule has 1 aromatic carbocycles. The highest BCUT2D eigenvalue weighted by Gasteiger charge is 2.53. The number of methoxy groups -OCH3 is 1. The first-order valence-electron chi connectivity index (χ1n) is 5.85. The number of hydrogen-bond acceptors (Lipinski definition) is 5. The Balaban J connectivity index is 2.43. The van der Waals surface area contributed by atoms with Crippen molar-refractivity contribution in [1.29, 1.82) is 0 Å². The molecule has 1 heterocycles. The quantitative estimate of drug-likeness (QED) is 0.691. The van der Waals surface area contributed by atoms with Crippen LogP contribution in [0.2, 0.25) is 0 Å². The Kier molecular flexibility index (Phi) is 3.70. The first-order valence-corrected chi connectivity index (χ1v) is 5.85. The van der Waals surface area contributed by atoms with Crippen LogP contribution in [-0.2, 0) is 15.3 Å². The minimum atomic E-state index is -1.46. The van der Waals surface area contributed by atoms with Crippen molar-refractivity contribution < 1.29 is 24.8 Å². The van der Waals surface area contributed by atoms with E-state index in [9.17, 15) is 15.3 Å². The van der Waals surface area contributed by atoms with Crippen LogP contribution in [0.25, 0.3) is 0 Å². The molecule has 0 amide bonds. The highest BCUT2D eigenvalue weighted by Crippen LogP contribution is 2.38. The molecular formula is C13H18O5. The van der Waals surface area contributed by atoms with Crippen LogP contribution >= 0.6 is 0 Å². The summed E-state index contributed by atoms with van der Waals surface area (Å²) in [5.74, 6) is -1.46. The fourth-order valence-electron chi connectivity index (χ4n) is 2.30. The van der Waals surface area contributed by atoms with E-state index in [-0.39, 0.29) is 0 Å². The van der Waals surface area contributed by atoms with Crippen LogP contribution in [0.4, 0.5) is 0 Å². The number of rotatable bonds is 2. The van der Waals surface area contributed by atoms with Gasteiger partial charge in [0.1, 0.15) is 18.3 Å². The van der Waals surface area contributed by atoms with Gasteiger partial charge in [-0.05, 0) is 6.92 Å². The van der Waals surface area contributed by atoms with E-state index in [2.05, 4.69) is 0 Å². The molecule has 1 saturated heterocycles. The van der Waals surface area contributed by atoms with Crippen LogP contribution in [0, 0.1) is 0 Å². The molecule has 1 unspecified atom stereocenters. The summed E-state index contributed by atoms with van der Waals surface area (Å²) < 4.78 is 10.9. The van der Waals surface area contributed by atoms with E-state index in [0.717, 1.165) is 0 Å². The SMILES string of the molecule is COC1(c2ccccc2)O[C@H](C)[C@@H](O)[C@H](O)[C@@H]1O. The van der Waals surface area contributed by atoms with Gasteiger partial charge in [0.2, 0.25) is 5.79 Å². The van der Waals surface area contributed by atoms with Gasteiger partial charge in [-0.2, -0.15) is 0 Å². The number of aliphatic hydroxyl groups excluding tert-OH is 3. The zero-order valence-corrected chi connectivity index (χ0v) is 10.4. The Labute approximate surface area is 106 Å². The van der Waals surface area contributed by atoms with Gasteiger partial charge in [0.15, 0.2) is 0 Å². The number of hydrogen-bond donors (Lipinski definition) is 3. The molecule has 3 N–H and O–H groups in total. The van der Waals surface area contributed by atoms with Crippen molar-refractivity contribution in [2.24, 2.45) is 0 Å². The number of ether oxygens (including phenoxy) is 2. The van der Waals surface area contributed by atoms with Crippen molar-refractivity contribution in [3.8, 4) is 0 Å². The van der Waals surface area contributed by atoms with Crippen molar-refractivity contribution in [2.45, 2.75) is 37.1 Å². The Morgan fingerprint density at radius 2 is 1.72 bits per heavy atom. The fourth-order valence-corrected chi connectivity index (χ4v) is 2.30. The molecule has 5 nitrogen and oxygen atoms in total. The summed E-state index contributed by atoms with van der Waals surface area (Å²) >= 11 is 0. The van der Waals surface area contributed by atoms with Crippen LogP contribution < -0.4 is 0 Å². The van der Waals surface area contributed by atoms with E-state index in [1.54, 1.807) is 31.2 Å². The van der Waals surface area contributed by atoms with E-state index in [4.69, 9.17) is 9.47 Å². The summed E-state index contributed by atoms with van der Waals surface area (Å²) in [6, 6.07) is 8.88. The lowest BCUT2D eigenvalue weighted by Gasteiger charge is -2.47. The second-order valence-corrected chi connectivity index (χ2v) is 4.49. The molecule has 1 aromatic rings. The first kappa shape index (κ1) is 13.5. The molecule has 5 heteroatoms. The van der Waals surface area contributed by atoms with Gasteiger partial charge in [-0.1, -0.05) is 30.3 Å². The second-order valence-electron chi connectivity index (χ2n) is 4.49. The minimum Gasteiger partial charge on any atom is -0.388 e. The molecular weight excluding hydrogens is 236 g/mol. The van der Waals surface area contributed by atoms with Crippen molar-refractivity contribution in [3.63, 3.8) is 0 Å². The molecule has 0 bridgehead atoms. The average molecular weight is 254 g/mol. The summed E-state index contributed by atoms with van der Waals surface area (Å²) in [7, 11) is 1.40. The highest BCUT2D eigenvalue weighted by atomic mass is 16.7. The van der Waals surface area contributed by atoms with E-state index < -0.39 is 30.2 Å². The average Bonchev–Trinajstić information content (AvgIpc) is 2.42. The van der Waals surface area contributed by atoms with Gasteiger partial charge >= 0.3 is 0 Å². The monoisotopic (exact) mass is 254 g/mol. The predicted molar refractivity (Wildman–Crippen MR) is 63.7 cm³/mol. The lowest BCUT2D eigenvalue weighted by molar-refractivity contribution is -0.360. The third-order valence-electron chi connectivity index (χ3n) is 3.38. The number of benzene rings is 1. The maximum atomic E-state index is 10.2. The lowest BCUT2D eigenvalue weighted by atomic mass is 9.88. The molecule has 1 aliphatic heterocycles. The Morgan fingerprint density at radius 1 is 1.11 bits per heavy atom. The summed E-state index contributed by atoms with van der Waals surface area (Å²) in [5.41, 5.74) is 0.595. The molecule has 1 fully saturated rings. The van der Waals surface area contributed by atoms with Crippen molar-refractivity contribution in [2.75, 3.05) is 7.11 Å². The molecule has 0 saturated carbocycles. The Bertz CT molecular complexity index is 396. The molecule has 5 atom stereocenters.